The van der Waals surface area contributed by atoms with Gasteiger partial charge in [0.05, 0.1) is 6.42 Å². The zero-order valence-corrected chi connectivity index (χ0v) is 17.7. The largest absolute Gasteiger partial charge is 0.332 e. The molecule has 3 rings (SSSR count). The Balaban J connectivity index is 1.50. The minimum Gasteiger partial charge on any atom is -0.332 e. The van der Waals surface area contributed by atoms with Crippen LogP contribution >= 0.6 is 28.1 Å². The van der Waals surface area contributed by atoms with E-state index < -0.39 is 0 Å². The maximum Gasteiger partial charge on any atom is 0.257 e. The van der Waals surface area contributed by atoms with Crippen LogP contribution < -0.4 is 16.0 Å². The van der Waals surface area contributed by atoms with Crippen LogP contribution in [0.2, 0.25) is 0 Å². The monoisotopic (exact) mass is 467 g/mol. The predicted molar refractivity (Wildman–Crippen MR) is 123 cm³/mol. The van der Waals surface area contributed by atoms with Crippen LogP contribution in [-0.4, -0.2) is 16.9 Å². The van der Waals surface area contributed by atoms with Gasteiger partial charge in [-0.25, -0.2) is 0 Å². The number of hydrogen-bond donors (Lipinski definition) is 3. The van der Waals surface area contributed by atoms with Crippen LogP contribution in [0.15, 0.2) is 83.3 Å². The lowest BCUT2D eigenvalue weighted by Gasteiger charge is -2.11. The summed E-state index contributed by atoms with van der Waals surface area (Å²) in [5.74, 6) is -0.381. The molecule has 3 N–H and O–H groups in total. The average molecular weight is 468 g/mol. The number of carbonyl (C=O) groups is 2. The van der Waals surface area contributed by atoms with E-state index in [0.717, 1.165) is 10.0 Å². The van der Waals surface area contributed by atoms with E-state index in [1.165, 1.54) is 0 Å². The lowest BCUT2D eigenvalue weighted by molar-refractivity contribution is -0.115. The molecule has 0 saturated heterocycles. The first kappa shape index (κ1) is 20.7. The van der Waals surface area contributed by atoms with Gasteiger partial charge < -0.3 is 10.6 Å². The number of halogens is 1. The lowest BCUT2D eigenvalue weighted by atomic mass is 10.1. The standard InChI is InChI=1S/C22H18BrN3O2S/c23-17-8-6-16(7-9-17)21(28)26-22(29)25-19-12-10-18(11-13-19)24-20(27)14-15-4-2-1-3-5-15/h1-13H,14H2,(H,24,27)(H2,25,26,28,29). The molecule has 3 aromatic rings. The van der Waals surface area contributed by atoms with E-state index in [-0.39, 0.29) is 16.9 Å². The van der Waals surface area contributed by atoms with E-state index in [9.17, 15) is 9.59 Å². The molecule has 29 heavy (non-hydrogen) atoms. The maximum absolute atomic E-state index is 12.2. The van der Waals surface area contributed by atoms with Gasteiger partial charge in [0.15, 0.2) is 5.11 Å². The summed E-state index contributed by atoms with van der Waals surface area (Å²) in [4.78, 5) is 24.3. The Morgan fingerprint density at radius 2 is 1.38 bits per heavy atom. The number of amides is 2. The third-order valence-electron chi connectivity index (χ3n) is 3.97. The smallest absolute Gasteiger partial charge is 0.257 e. The average Bonchev–Trinajstić information content (AvgIpc) is 2.70. The molecule has 7 heteroatoms. The number of benzene rings is 3. The van der Waals surface area contributed by atoms with Crippen molar-refractivity contribution in [1.29, 1.82) is 0 Å². The summed E-state index contributed by atoms with van der Waals surface area (Å²) in [5.41, 5.74) is 2.84. The highest BCUT2D eigenvalue weighted by molar-refractivity contribution is 9.10. The molecule has 2 amide bonds. The molecule has 5 nitrogen and oxygen atoms in total. The van der Waals surface area contributed by atoms with Crippen LogP contribution in [-0.2, 0) is 11.2 Å². The summed E-state index contributed by atoms with van der Waals surface area (Å²) >= 11 is 8.52. The van der Waals surface area contributed by atoms with Gasteiger partial charge in [0.2, 0.25) is 5.91 Å². The van der Waals surface area contributed by atoms with Gasteiger partial charge in [-0.1, -0.05) is 46.3 Å². The number of anilines is 2. The Hall–Kier alpha value is -3.03. The molecule has 0 saturated carbocycles. The van der Waals surface area contributed by atoms with E-state index in [2.05, 4.69) is 31.9 Å². The second kappa shape index (κ2) is 9.95. The normalized spacial score (nSPS) is 10.1. The Labute approximate surface area is 182 Å². The molecule has 3 aromatic carbocycles. The van der Waals surface area contributed by atoms with Crippen molar-refractivity contribution >= 4 is 56.4 Å². The third kappa shape index (κ3) is 6.51. The van der Waals surface area contributed by atoms with Crippen LogP contribution in [0.25, 0.3) is 0 Å². The van der Waals surface area contributed by atoms with E-state index in [1.807, 2.05) is 30.3 Å². The zero-order valence-electron chi connectivity index (χ0n) is 15.3. The molecule has 0 aliphatic carbocycles. The number of carbonyl (C=O) groups excluding carboxylic acids is 2. The minimum absolute atomic E-state index is 0.0887. The van der Waals surface area contributed by atoms with Crippen molar-refractivity contribution in [2.24, 2.45) is 0 Å². The van der Waals surface area contributed by atoms with E-state index >= 15 is 0 Å². The Morgan fingerprint density at radius 3 is 2.00 bits per heavy atom. The van der Waals surface area contributed by atoms with Crippen LogP contribution in [0, 0.1) is 0 Å². The third-order valence-corrected chi connectivity index (χ3v) is 4.70. The number of hydrogen-bond acceptors (Lipinski definition) is 3. The zero-order chi connectivity index (χ0) is 20.6. The molecule has 146 valence electrons. The topological polar surface area (TPSA) is 70.2 Å². The van der Waals surface area contributed by atoms with Gasteiger partial charge in [0.1, 0.15) is 0 Å². The molecular formula is C22H18BrN3O2S. The second-order valence-corrected chi connectivity index (χ2v) is 7.53. The van der Waals surface area contributed by atoms with Crippen molar-refractivity contribution in [3.05, 3.63) is 94.5 Å². The fourth-order valence-electron chi connectivity index (χ4n) is 2.56. The lowest BCUT2D eigenvalue weighted by Crippen LogP contribution is -2.34. The summed E-state index contributed by atoms with van der Waals surface area (Å²) < 4.78 is 0.894. The van der Waals surface area contributed by atoms with Crippen molar-refractivity contribution in [1.82, 2.24) is 5.32 Å². The van der Waals surface area contributed by atoms with Crippen molar-refractivity contribution in [2.75, 3.05) is 10.6 Å². The quantitative estimate of drug-likeness (QED) is 0.473. The molecule has 0 atom stereocenters. The highest BCUT2D eigenvalue weighted by atomic mass is 79.9. The SMILES string of the molecule is O=C(Cc1ccccc1)Nc1ccc(NC(=S)NC(=O)c2ccc(Br)cc2)cc1. The van der Waals surface area contributed by atoms with E-state index in [0.29, 0.717) is 23.4 Å². The van der Waals surface area contributed by atoms with Gasteiger partial charge in [0, 0.05) is 21.4 Å². The first-order valence-electron chi connectivity index (χ1n) is 8.81. The van der Waals surface area contributed by atoms with Crippen molar-refractivity contribution in [3.8, 4) is 0 Å². The molecule has 0 unspecified atom stereocenters. The Morgan fingerprint density at radius 1 is 0.793 bits per heavy atom. The van der Waals surface area contributed by atoms with E-state index in [4.69, 9.17) is 12.2 Å². The molecule has 0 aromatic heterocycles. The van der Waals surface area contributed by atoms with Crippen molar-refractivity contribution in [2.45, 2.75) is 6.42 Å². The molecular weight excluding hydrogens is 450 g/mol. The highest BCUT2D eigenvalue weighted by Gasteiger charge is 2.08. The fraction of sp³-hybridized carbons (Fsp3) is 0.0455. The maximum atomic E-state index is 12.2. The van der Waals surface area contributed by atoms with Crippen LogP contribution in [0.1, 0.15) is 15.9 Å². The molecule has 0 aliphatic heterocycles. The number of rotatable bonds is 5. The number of thiocarbonyl (C=S) groups is 1. The molecule has 0 fully saturated rings. The number of nitrogens with one attached hydrogen (secondary N) is 3. The minimum atomic E-state index is -0.292. The van der Waals surface area contributed by atoms with Gasteiger partial charge in [-0.3, -0.25) is 14.9 Å². The second-order valence-electron chi connectivity index (χ2n) is 6.20. The molecule has 0 spiro atoms. The van der Waals surface area contributed by atoms with E-state index in [1.54, 1.807) is 48.5 Å². The van der Waals surface area contributed by atoms with Crippen molar-refractivity contribution < 1.29 is 9.59 Å². The van der Waals surface area contributed by atoms with Gasteiger partial charge in [0.25, 0.3) is 5.91 Å². The summed E-state index contributed by atoms with van der Waals surface area (Å²) in [7, 11) is 0. The summed E-state index contributed by atoms with van der Waals surface area (Å²) in [6, 6.07) is 23.6. The van der Waals surface area contributed by atoms with Crippen LogP contribution in [0.4, 0.5) is 11.4 Å². The Kier molecular flexibility index (Phi) is 7.10. The molecule has 0 heterocycles. The van der Waals surface area contributed by atoms with Gasteiger partial charge in [-0.2, -0.15) is 0 Å². The van der Waals surface area contributed by atoms with Gasteiger partial charge in [-0.05, 0) is 66.3 Å². The molecule has 0 bridgehead atoms. The highest BCUT2D eigenvalue weighted by Crippen LogP contribution is 2.14. The van der Waals surface area contributed by atoms with Gasteiger partial charge >= 0.3 is 0 Å². The van der Waals surface area contributed by atoms with Crippen LogP contribution in [0.3, 0.4) is 0 Å². The predicted octanol–water partition coefficient (Wildman–Crippen LogP) is 4.76. The molecule has 0 radical (unpaired) electrons. The first-order chi connectivity index (χ1) is 14.0. The fourth-order valence-corrected chi connectivity index (χ4v) is 3.04. The Bertz CT molecular complexity index is 1010. The van der Waals surface area contributed by atoms with Gasteiger partial charge in [-0.15, -0.1) is 0 Å². The summed E-state index contributed by atoms with van der Waals surface area (Å²) in [6.07, 6.45) is 0.313. The molecule has 0 aliphatic rings. The van der Waals surface area contributed by atoms with Crippen molar-refractivity contribution in [3.63, 3.8) is 0 Å². The first-order valence-corrected chi connectivity index (χ1v) is 10.0. The summed E-state index contributed by atoms with van der Waals surface area (Å²) in [6.45, 7) is 0. The summed E-state index contributed by atoms with van der Waals surface area (Å²) in [5, 5.41) is 8.64. The van der Waals surface area contributed by atoms with Crippen LogP contribution in [0.5, 0.6) is 0 Å².